The molecule has 0 saturated heterocycles. The average molecular weight is 360 g/mol. The van der Waals surface area contributed by atoms with Crippen LogP contribution in [0.15, 0.2) is 32.5 Å². The Labute approximate surface area is 143 Å². The number of H-pyrrole nitrogens is 1. The van der Waals surface area contributed by atoms with Crippen LogP contribution < -0.4 is 11.2 Å². The van der Waals surface area contributed by atoms with Crippen molar-refractivity contribution in [3.63, 3.8) is 0 Å². The van der Waals surface area contributed by atoms with E-state index in [4.69, 9.17) is 0 Å². The fourth-order valence-electron chi connectivity index (χ4n) is 2.60. The van der Waals surface area contributed by atoms with Gasteiger partial charge in [0.05, 0.1) is 17.4 Å². The van der Waals surface area contributed by atoms with Crippen LogP contribution in [0.2, 0.25) is 0 Å². The molecule has 0 aromatic carbocycles. The molecule has 4 aromatic rings. The van der Waals surface area contributed by atoms with Crippen molar-refractivity contribution in [2.75, 3.05) is 6.26 Å². The quantitative estimate of drug-likeness (QED) is 0.551. The van der Waals surface area contributed by atoms with Crippen LogP contribution in [0.3, 0.4) is 0 Å². The monoisotopic (exact) mass is 360 g/mol. The Kier molecular flexibility index (Phi) is 3.50. The van der Waals surface area contributed by atoms with Gasteiger partial charge in [-0.25, -0.2) is 19.4 Å². The third-order valence-electron chi connectivity index (χ3n) is 3.74. The molecule has 0 fully saturated rings. The predicted molar refractivity (Wildman–Crippen MR) is 93.9 cm³/mol. The maximum absolute atomic E-state index is 12.8. The Morgan fingerprint density at radius 2 is 2.17 bits per heavy atom. The first-order valence-corrected chi connectivity index (χ1v) is 9.05. The predicted octanol–water partition coefficient (Wildman–Crippen LogP) is 1.20. The Morgan fingerprint density at radius 3 is 2.88 bits per heavy atom. The van der Waals surface area contributed by atoms with Gasteiger partial charge in [0.2, 0.25) is 0 Å². The molecule has 0 spiro atoms. The van der Waals surface area contributed by atoms with E-state index in [0.717, 1.165) is 20.1 Å². The highest BCUT2D eigenvalue weighted by atomic mass is 32.2. The molecule has 0 saturated carbocycles. The lowest BCUT2D eigenvalue weighted by Gasteiger charge is -2.05. The number of aromatic nitrogens is 6. The van der Waals surface area contributed by atoms with Gasteiger partial charge < -0.3 is 9.55 Å². The molecule has 10 heteroatoms. The molecule has 4 rings (SSSR count). The van der Waals surface area contributed by atoms with Crippen molar-refractivity contribution in [1.82, 2.24) is 29.3 Å². The van der Waals surface area contributed by atoms with Crippen molar-refractivity contribution in [1.29, 1.82) is 0 Å². The second kappa shape index (κ2) is 5.56. The van der Waals surface area contributed by atoms with Crippen molar-refractivity contribution < 1.29 is 0 Å². The highest BCUT2D eigenvalue weighted by Crippen LogP contribution is 2.34. The molecule has 0 radical (unpaired) electrons. The maximum Gasteiger partial charge on any atom is 0.344 e. The van der Waals surface area contributed by atoms with E-state index in [-0.39, 0.29) is 12.1 Å². The Bertz CT molecular complexity index is 1170. The molecule has 24 heavy (non-hydrogen) atoms. The van der Waals surface area contributed by atoms with Crippen molar-refractivity contribution >= 4 is 44.3 Å². The van der Waals surface area contributed by atoms with Crippen LogP contribution in [-0.2, 0) is 13.6 Å². The molecule has 8 nitrogen and oxygen atoms in total. The van der Waals surface area contributed by atoms with E-state index in [0.29, 0.717) is 11.1 Å². The molecular formula is C14H12N6O2S2. The van der Waals surface area contributed by atoms with Gasteiger partial charge in [-0.15, -0.1) is 11.3 Å². The molecule has 0 aliphatic heterocycles. The van der Waals surface area contributed by atoms with Gasteiger partial charge in [0.15, 0.2) is 9.99 Å². The number of aromatic amines is 1. The Hall–Kier alpha value is -2.46. The summed E-state index contributed by atoms with van der Waals surface area (Å²) in [7, 11) is 1.84. The Morgan fingerprint density at radius 1 is 1.33 bits per heavy atom. The summed E-state index contributed by atoms with van der Waals surface area (Å²) in [4.78, 5) is 34.5. The van der Waals surface area contributed by atoms with E-state index in [1.165, 1.54) is 17.1 Å². The van der Waals surface area contributed by atoms with Gasteiger partial charge in [-0.3, -0.25) is 4.79 Å². The number of fused-ring (bicyclic) bond motifs is 3. The van der Waals surface area contributed by atoms with Gasteiger partial charge >= 0.3 is 5.69 Å². The van der Waals surface area contributed by atoms with Crippen LogP contribution in [0.1, 0.15) is 5.56 Å². The van der Waals surface area contributed by atoms with E-state index in [1.807, 2.05) is 17.9 Å². The first kappa shape index (κ1) is 15.1. The van der Waals surface area contributed by atoms with E-state index in [2.05, 4.69) is 20.1 Å². The van der Waals surface area contributed by atoms with E-state index in [1.54, 1.807) is 29.3 Å². The molecule has 4 heterocycles. The minimum atomic E-state index is -0.423. The zero-order chi connectivity index (χ0) is 16.8. The fraction of sp³-hybridized carbons (Fsp3) is 0.214. The van der Waals surface area contributed by atoms with Gasteiger partial charge in [-0.05, 0) is 6.26 Å². The number of nitrogens with one attached hydrogen (secondary N) is 1. The highest BCUT2D eigenvalue weighted by Gasteiger charge is 2.18. The lowest BCUT2D eigenvalue weighted by molar-refractivity contribution is 0.639. The van der Waals surface area contributed by atoms with Crippen LogP contribution in [0.5, 0.6) is 0 Å². The van der Waals surface area contributed by atoms with Crippen LogP contribution in [-0.4, -0.2) is 35.6 Å². The summed E-state index contributed by atoms with van der Waals surface area (Å²) in [6.45, 7) is 0.237. The van der Waals surface area contributed by atoms with Gasteiger partial charge in [0.25, 0.3) is 5.56 Å². The zero-order valence-corrected chi connectivity index (χ0v) is 14.4. The second-order valence-electron chi connectivity index (χ2n) is 5.19. The number of thioether (sulfide) groups is 1. The first-order valence-electron chi connectivity index (χ1n) is 7.01. The van der Waals surface area contributed by atoms with Crippen LogP contribution in [0.25, 0.3) is 21.3 Å². The fourth-order valence-corrected chi connectivity index (χ4v) is 4.20. The molecule has 0 aliphatic rings. The summed E-state index contributed by atoms with van der Waals surface area (Å²) in [5.74, 6) is 0. The normalized spacial score (nSPS) is 11.6. The summed E-state index contributed by atoms with van der Waals surface area (Å²) < 4.78 is 5.10. The highest BCUT2D eigenvalue weighted by molar-refractivity contribution is 8.00. The van der Waals surface area contributed by atoms with E-state index in [9.17, 15) is 9.59 Å². The molecule has 122 valence electrons. The molecule has 4 aromatic heterocycles. The molecule has 0 unspecified atom stereocenters. The van der Waals surface area contributed by atoms with E-state index < -0.39 is 5.69 Å². The summed E-state index contributed by atoms with van der Waals surface area (Å²) in [6, 6.07) is 0. The summed E-state index contributed by atoms with van der Waals surface area (Å²) in [5.41, 5.74) is 1.44. The number of thiazole rings is 1. The van der Waals surface area contributed by atoms with Gasteiger partial charge in [0.1, 0.15) is 5.52 Å². The molecular weight excluding hydrogens is 348 g/mol. The van der Waals surface area contributed by atoms with Gasteiger partial charge in [-0.2, -0.15) is 5.10 Å². The Balaban J connectivity index is 1.88. The molecule has 0 bridgehead atoms. The largest absolute Gasteiger partial charge is 0.344 e. The van der Waals surface area contributed by atoms with Crippen molar-refractivity contribution in [3.8, 4) is 0 Å². The molecule has 0 atom stereocenters. The number of rotatable bonds is 3. The SMILES string of the molecule is CSc1nc2c(s1)c1cnn(Cc3cnc(=O)[nH]c3)c(=O)c1n2C. The number of hydrogen-bond acceptors (Lipinski definition) is 7. The lowest BCUT2D eigenvalue weighted by atomic mass is 10.3. The number of hydrogen-bond donors (Lipinski definition) is 1. The van der Waals surface area contributed by atoms with Crippen LogP contribution >= 0.6 is 23.1 Å². The third kappa shape index (κ3) is 2.26. The molecule has 0 aliphatic carbocycles. The van der Waals surface area contributed by atoms with Crippen molar-refractivity contribution in [3.05, 3.63) is 45.0 Å². The third-order valence-corrected chi connectivity index (χ3v) is 5.80. The van der Waals surface area contributed by atoms with Crippen LogP contribution in [0, 0.1) is 0 Å². The second-order valence-corrected chi connectivity index (χ2v) is 7.24. The summed E-state index contributed by atoms with van der Waals surface area (Å²) in [5, 5.41) is 5.08. The topological polar surface area (TPSA) is 98.5 Å². The molecule has 0 amide bonds. The number of aryl methyl sites for hydroxylation is 1. The average Bonchev–Trinajstić information content (AvgIpc) is 3.11. The minimum absolute atomic E-state index is 0.197. The van der Waals surface area contributed by atoms with Gasteiger partial charge in [0, 0.05) is 30.4 Å². The minimum Gasteiger partial charge on any atom is -0.323 e. The smallest absolute Gasteiger partial charge is 0.323 e. The maximum atomic E-state index is 12.8. The molecule has 1 N–H and O–H groups in total. The summed E-state index contributed by atoms with van der Waals surface area (Å²) >= 11 is 3.14. The first-order chi connectivity index (χ1) is 11.6. The van der Waals surface area contributed by atoms with Gasteiger partial charge in [-0.1, -0.05) is 11.8 Å². The van der Waals surface area contributed by atoms with Crippen molar-refractivity contribution in [2.24, 2.45) is 7.05 Å². The summed E-state index contributed by atoms with van der Waals surface area (Å²) in [6.07, 6.45) is 6.64. The standard InChI is InChI=1S/C14H12N6O2S2/c1-19-9-8(10-11(19)18-14(23-2)24-10)5-17-20(12(9)21)6-7-3-15-13(22)16-4-7/h3-5H,6H2,1-2H3,(H,15,16,22). The van der Waals surface area contributed by atoms with Crippen LogP contribution in [0.4, 0.5) is 0 Å². The zero-order valence-electron chi connectivity index (χ0n) is 12.8. The number of nitrogens with zero attached hydrogens (tertiary/aromatic N) is 5. The lowest BCUT2D eigenvalue weighted by Crippen LogP contribution is -2.25. The van der Waals surface area contributed by atoms with Crippen molar-refractivity contribution in [2.45, 2.75) is 10.9 Å². The van der Waals surface area contributed by atoms with E-state index >= 15 is 0 Å².